The summed E-state index contributed by atoms with van der Waals surface area (Å²) in [6, 6.07) is 0.785. The first kappa shape index (κ1) is 11.0. The fourth-order valence-electron chi connectivity index (χ4n) is 1.74. The van der Waals surface area contributed by atoms with Crippen LogP contribution in [0.4, 0.5) is 0 Å². The fraction of sp³-hybridized carbons (Fsp3) is 1.00. The van der Waals surface area contributed by atoms with Gasteiger partial charge in [-0.25, -0.2) is 0 Å². The highest BCUT2D eigenvalue weighted by Gasteiger charge is 2.14. The summed E-state index contributed by atoms with van der Waals surface area (Å²) in [4.78, 5) is 0. The quantitative estimate of drug-likeness (QED) is 0.651. The van der Waals surface area contributed by atoms with Gasteiger partial charge in [-0.1, -0.05) is 20.8 Å². The molecular weight excluding hydrogens is 160 g/mol. The molecule has 13 heavy (non-hydrogen) atoms. The lowest BCUT2D eigenvalue weighted by Gasteiger charge is -2.19. The molecule has 1 fully saturated rings. The second kappa shape index (κ2) is 4.97. The van der Waals surface area contributed by atoms with Crippen molar-refractivity contribution >= 4 is 0 Å². The fourth-order valence-corrected chi connectivity index (χ4v) is 1.74. The van der Waals surface area contributed by atoms with Gasteiger partial charge in [-0.05, 0) is 44.3 Å². The molecular formula is C11H24N2. The number of hydrogen-bond donors (Lipinski definition) is 2. The molecule has 78 valence electrons. The van der Waals surface area contributed by atoms with E-state index >= 15 is 0 Å². The Labute approximate surface area is 82.5 Å². The Bertz CT molecular complexity index is 132. The number of nitrogens with one attached hydrogen (secondary N) is 2. The lowest BCUT2D eigenvalue weighted by molar-refractivity contribution is 0.372. The van der Waals surface area contributed by atoms with E-state index in [9.17, 15) is 0 Å². The summed E-state index contributed by atoms with van der Waals surface area (Å²) < 4.78 is 0. The first-order valence-electron chi connectivity index (χ1n) is 5.52. The van der Waals surface area contributed by atoms with Crippen molar-refractivity contribution < 1.29 is 0 Å². The molecule has 2 N–H and O–H groups in total. The maximum atomic E-state index is 3.51. The van der Waals surface area contributed by atoms with Gasteiger partial charge in [0.1, 0.15) is 0 Å². The van der Waals surface area contributed by atoms with Crippen LogP contribution >= 0.6 is 0 Å². The van der Waals surface area contributed by atoms with E-state index in [0.717, 1.165) is 19.1 Å². The van der Waals surface area contributed by atoms with Gasteiger partial charge in [-0.2, -0.15) is 0 Å². The van der Waals surface area contributed by atoms with Crippen LogP contribution < -0.4 is 10.6 Å². The predicted molar refractivity (Wildman–Crippen MR) is 58.0 cm³/mol. The minimum Gasteiger partial charge on any atom is -0.316 e. The van der Waals surface area contributed by atoms with E-state index in [-0.39, 0.29) is 0 Å². The van der Waals surface area contributed by atoms with E-state index in [2.05, 4.69) is 31.4 Å². The monoisotopic (exact) mass is 184 g/mol. The number of rotatable bonds is 4. The number of hydrogen-bond acceptors (Lipinski definition) is 2. The standard InChI is InChI=1S/C11H24N2/c1-11(2,3)9-12-8-6-10-5-4-7-13-10/h10,12-13H,4-9H2,1-3H3. The molecule has 1 atom stereocenters. The predicted octanol–water partition coefficient (Wildman–Crippen LogP) is 1.76. The first-order chi connectivity index (χ1) is 6.08. The van der Waals surface area contributed by atoms with Crippen LogP contribution in [-0.2, 0) is 0 Å². The van der Waals surface area contributed by atoms with E-state index in [0.29, 0.717) is 5.41 Å². The van der Waals surface area contributed by atoms with Crippen molar-refractivity contribution in [2.24, 2.45) is 5.41 Å². The van der Waals surface area contributed by atoms with Gasteiger partial charge in [-0.15, -0.1) is 0 Å². The van der Waals surface area contributed by atoms with E-state index < -0.39 is 0 Å². The van der Waals surface area contributed by atoms with Crippen LogP contribution in [0.25, 0.3) is 0 Å². The second-order valence-electron chi connectivity index (χ2n) is 5.32. The summed E-state index contributed by atoms with van der Waals surface area (Å²) in [5.41, 5.74) is 0.420. The van der Waals surface area contributed by atoms with E-state index in [1.165, 1.54) is 25.8 Å². The highest BCUT2D eigenvalue weighted by atomic mass is 14.9. The Morgan fingerprint density at radius 3 is 2.69 bits per heavy atom. The molecule has 0 spiro atoms. The molecule has 2 heteroatoms. The third-order valence-electron chi connectivity index (χ3n) is 2.49. The molecule has 1 aliphatic rings. The lowest BCUT2D eigenvalue weighted by atomic mass is 9.97. The van der Waals surface area contributed by atoms with Gasteiger partial charge < -0.3 is 10.6 Å². The third-order valence-corrected chi connectivity index (χ3v) is 2.49. The maximum absolute atomic E-state index is 3.51. The zero-order valence-electron chi connectivity index (χ0n) is 9.32. The Morgan fingerprint density at radius 2 is 2.15 bits per heavy atom. The third kappa shape index (κ3) is 5.27. The zero-order valence-corrected chi connectivity index (χ0v) is 9.32. The molecule has 0 aromatic heterocycles. The molecule has 1 saturated heterocycles. The Kier molecular flexibility index (Phi) is 4.20. The first-order valence-corrected chi connectivity index (χ1v) is 5.52. The minimum absolute atomic E-state index is 0.420. The smallest absolute Gasteiger partial charge is 0.00796 e. The van der Waals surface area contributed by atoms with Gasteiger partial charge in [0.15, 0.2) is 0 Å². The van der Waals surface area contributed by atoms with Gasteiger partial charge in [-0.3, -0.25) is 0 Å². The van der Waals surface area contributed by atoms with E-state index in [1.807, 2.05) is 0 Å². The van der Waals surface area contributed by atoms with Crippen molar-refractivity contribution in [1.29, 1.82) is 0 Å². The molecule has 1 heterocycles. The second-order valence-corrected chi connectivity index (χ2v) is 5.32. The molecule has 0 aliphatic carbocycles. The summed E-state index contributed by atoms with van der Waals surface area (Å²) in [7, 11) is 0. The lowest BCUT2D eigenvalue weighted by Crippen LogP contribution is -2.31. The molecule has 0 saturated carbocycles. The molecule has 0 bridgehead atoms. The van der Waals surface area contributed by atoms with Crippen LogP contribution in [0.2, 0.25) is 0 Å². The van der Waals surface area contributed by atoms with Crippen molar-refractivity contribution in [2.75, 3.05) is 19.6 Å². The summed E-state index contributed by atoms with van der Waals surface area (Å²) in [5.74, 6) is 0. The molecule has 2 nitrogen and oxygen atoms in total. The van der Waals surface area contributed by atoms with Crippen LogP contribution in [0.15, 0.2) is 0 Å². The SMILES string of the molecule is CC(C)(C)CNCCC1CCCN1. The summed E-state index contributed by atoms with van der Waals surface area (Å²) in [6.45, 7) is 10.3. The van der Waals surface area contributed by atoms with Gasteiger partial charge in [0.25, 0.3) is 0 Å². The van der Waals surface area contributed by atoms with Crippen molar-refractivity contribution in [2.45, 2.75) is 46.1 Å². The largest absolute Gasteiger partial charge is 0.316 e. The van der Waals surface area contributed by atoms with Gasteiger partial charge in [0.2, 0.25) is 0 Å². The average Bonchev–Trinajstić information content (AvgIpc) is 2.48. The molecule has 0 aromatic carbocycles. The molecule has 0 radical (unpaired) electrons. The molecule has 1 rings (SSSR count). The molecule has 0 aromatic rings. The van der Waals surface area contributed by atoms with Gasteiger partial charge in [0.05, 0.1) is 0 Å². The Balaban J connectivity index is 1.94. The van der Waals surface area contributed by atoms with Crippen molar-refractivity contribution in [3.05, 3.63) is 0 Å². The zero-order chi connectivity index (χ0) is 9.73. The van der Waals surface area contributed by atoms with Crippen LogP contribution in [0.5, 0.6) is 0 Å². The van der Waals surface area contributed by atoms with Crippen LogP contribution in [0.3, 0.4) is 0 Å². The molecule has 1 unspecified atom stereocenters. The van der Waals surface area contributed by atoms with E-state index in [4.69, 9.17) is 0 Å². The topological polar surface area (TPSA) is 24.1 Å². The van der Waals surface area contributed by atoms with Crippen molar-refractivity contribution in [3.8, 4) is 0 Å². The Morgan fingerprint density at radius 1 is 1.38 bits per heavy atom. The van der Waals surface area contributed by atoms with Crippen LogP contribution in [0.1, 0.15) is 40.0 Å². The average molecular weight is 184 g/mol. The van der Waals surface area contributed by atoms with Crippen molar-refractivity contribution in [3.63, 3.8) is 0 Å². The normalized spacial score (nSPS) is 23.8. The highest BCUT2D eigenvalue weighted by molar-refractivity contribution is 4.75. The summed E-state index contributed by atoms with van der Waals surface area (Å²) >= 11 is 0. The van der Waals surface area contributed by atoms with Crippen LogP contribution in [0, 0.1) is 5.41 Å². The highest BCUT2D eigenvalue weighted by Crippen LogP contribution is 2.11. The van der Waals surface area contributed by atoms with Crippen LogP contribution in [-0.4, -0.2) is 25.7 Å². The Hall–Kier alpha value is -0.0800. The summed E-state index contributed by atoms with van der Waals surface area (Å²) in [6.07, 6.45) is 4.03. The summed E-state index contributed by atoms with van der Waals surface area (Å²) in [5, 5.41) is 7.03. The van der Waals surface area contributed by atoms with Gasteiger partial charge >= 0.3 is 0 Å². The minimum atomic E-state index is 0.420. The molecule has 0 amide bonds. The molecule has 1 aliphatic heterocycles. The maximum Gasteiger partial charge on any atom is 0.00796 e. The van der Waals surface area contributed by atoms with E-state index in [1.54, 1.807) is 0 Å². The van der Waals surface area contributed by atoms with Gasteiger partial charge in [0, 0.05) is 6.04 Å². The van der Waals surface area contributed by atoms with Crippen molar-refractivity contribution in [1.82, 2.24) is 10.6 Å².